The molecule has 6 heteroatoms. The zero-order chi connectivity index (χ0) is 20.5. The lowest BCUT2D eigenvalue weighted by Crippen LogP contribution is -2.00. The maximum Gasteiger partial charge on any atom is 0.335 e. The van der Waals surface area contributed by atoms with Gasteiger partial charge in [0.1, 0.15) is 0 Å². The molecule has 140 valence electrons. The van der Waals surface area contributed by atoms with Crippen molar-refractivity contribution in [2.45, 2.75) is 34.1 Å². The van der Waals surface area contributed by atoms with E-state index < -0.39 is 17.9 Å². The summed E-state index contributed by atoms with van der Waals surface area (Å²) in [6.45, 7) is 14.9. The molecule has 0 unspecified atom stereocenters. The van der Waals surface area contributed by atoms with Crippen LogP contribution in [-0.2, 0) is 9.59 Å². The van der Waals surface area contributed by atoms with Gasteiger partial charge in [0.2, 0.25) is 0 Å². The molecule has 0 saturated heterocycles. The van der Waals surface area contributed by atoms with Gasteiger partial charge in [-0.25, -0.2) is 14.4 Å². The first-order valence-corrected chi connectivity index (χ1v) is 7.40. The summed E-state index contributed by atoms with van der Waals surface area (Å²) in [4.78, 5) is 28.7. The standard InChI is InChI=1S/C7H6O2.C6H14.2C3H4O2/c8-7(9)6-4-2-1-3-5-6;1-5-6(2,3)4;2*1-2-3(4)5/h1-5H,(H,8,9);5H2,1-4H3;2*2H,1H2,(H,4,5). The average Bonchev–Trinajstić information content (AvgIpc) is 2.56. The Kier molecular flexibility index (Phi) is 17.3. The molecule has 0 aliphatic carbocycles. The van der Waals surface area contributed by atoms with Crippen molar-refractivity contribution < 1.29 is 29.7 Å². The van der Waals surface area contributed by atoms with Gasteiger partial charge in [0.15, 0.2) is 0 Å². The third kappa shape index (κ3) is 29.7. The fraction of sp³-hybridized carbons (Fsp3) is 0.316. The Balaban J connectivity index is -0.000000270. The molecule has 0 spiro atoms. The molecule has 0 aliphatic heterocycles. The number of hydrogen-bond acceptors (Lipinski definition) is 3. The molecule has 6 nitrogen and oxygen atoms in total. The number of aliphatic carboxylic acids is 2. The normalized spacial score (nSPS) is 8.64. The molecule has 1 rings (SSSR count). The molecule has 3 N–H and O–H groups in total. The Morgan fingerprint density at radius 1 is 0.920 bits per heavy atom. The van der Waals surface area contributed by atoms with Crippen LogP contribution >= 0.6 is 0 Å². The zero-order valence-corrected chi connectivity index (χ0v) is 15.2. The molecule has 0 aliphatic rings. The van der Waals surface area contributed by atoms with Gasteiger partial charge in [-0.05, 0) is 17.5 Å². The molecule has 0 atom stereocenters. The van der Waals surface area contributed by atoms with Crippen molar-refractivity contribution in [1.29, 1.82) is 0 Å². The van der Waals surface area contributed by atoms with E-state index in [2.05, 4.69) is 40.9 Å². The highest BCUT2D eigenvalue weighted by Gasteiger charge is 2.03. The summed E-state index contributed by atoms with van der Waals surface area (Å²) >= 11 is 0. The van der Waals surface area contributed by atoms with Crippen LogP contribution in [0.4, 0.5) is 0 Å². The second-order valence-electron chi connectivity index (χ2n) is 5.67. The molecule has 1 aromatic carbocycles. The number of rotatable bonds is 3. The summed E-state index contributed by atoms with van der Waals surface area (Å²) in [7, 11) is 0. The van der Waals surface area contributed by atoms with E-state index in [9.17, 15) is 14.4 Å². The van der Waals surface area contributed by atoms with E-state index in [-0.39, 0.29) is 0 Å². The van der Waals surface area contributed by atoms with Crippen LogP contribution < -0.4 is 0 Å². The Hall–Kier alpha value is -2.89. The third-order valence-electron chi connectivity index (χ3n) is 2.43. The van der Waals surface area contributed by atoms with E-state index in [1.54, 1.807) is 30.3 Å². The van der Waals surface area contributed by atoms with Crippen LogP contribution in [0.15, 0.2) is 55.6 Å². The number of carboxylic acids is 3. The molecule has 0 radical (unpaired) electrons. The van der Waals surface area contributed by atoms with E-state index in [0.29, 0.717) is 11.0 Å². The number of carbonyl (C=O) groups is 3. The van der Waals surface area contributed by atoms with Gasteiger partial charge in [0.25, 0.3) is 0 Å². The van der Waals surface area contributed by atoms with Gasteiger partial charge in [-0.2, -0.15) is 0 Å². The number of carboxylic acid groups (broad SMARTS) is 3. The van der Waals surface area contributed by atoms with E-state index in [0.717, 1.165) is 12.2 Å². The average molecular weight is 352 g/mol. The maximum absolute atomic E-state index is 10.2. The van der Waals surface area contributed by atoms with Crippen LogP contribution in [0.3, 0.4) is 0 Å². The van der Waals surface area contributed by atoms with Crippen molar-refractivity contribution in [2.75, 3.05) is 0 Å². The quantitative estimate of drug-likeness (QED) is 0.698. The van der Waals surface area contributed by atoms with Gasteiger partial charge >= 0.3 is 17.9 Å². The number of aromatic carboxylic acids is 1. The van der Waals surface area contributed by atoms with Crippen LogP contribution in [0.25, 0.3) is 0 Å². The smallest absolute Gasteiger partial charge is 0.335 e. The van der Waals surface area contributed by atoms with Gasteiger partial charge < -0.3 is 15.3 Å². The maximum atomic E-state index is 10.2. The molecule has 0 heterocycles. The van der Waals surface area contributed by atoms with Gasteiger partial charge in [-0.3, -0.25) is 0 Å². The lowest BCUT2D eigenvalue weighted by Gasteiger charge is -2.12. The highest BCUT2D eigenvalue weighted by molar-refractivity contribution is 5.87. The number of hydrogen-bond donors (Lipinski definition) is 3. The molecule has 0 amide bonds. The van der Waals surface area contributed by atoms with Crippen molar-refractivity contribution in [3.8, 4) is 0 Å². The highest BCUT2D eigenvalue weighted by Crippen LogP contribution is 2.16. The van der Waals surface area contributed by atoms with Gasteiger partial charge in [0, 0.05) is 12.2 Å². The Labute approximate surface area is 149 Å². The summed E-state index contributed by atoms with van der Waals surface area (Å²) in [5.41, 5.74) is 0.873. The van der Waals surface area contributed by atoms with E-state index in [1.807, 2.05) is 0 Å². The predicted molar refractivity (Wildman–Crippen MR) is 98.8 cm³/mol. The molecule has 0 saturated carbocycles. The summed E-state index contributed by atoms with van der Waals surface area (Å²) < 4.78 is 0. The van der Waals surface area contributed by atoms with E-state index >= 15 is 0 Å². The van der Waals surface area contributed by atoms with Gasteiger partial charge in [0.05, 0.1) is 5.56 Å². The van der Waals surface area contributed by atoms with Crippen LogP contribution in [0.1, 0.15) is 44.5 Å². The van der Waals surface area contributed by atoms with Crippen molar-refractivity contribution in [3.63, 3.8) is 0 Å². The van der Waals surface area contributed by atoms with E-state index in [1.165, 1.54) is 6.42 Å². The Morgan fingerprint density at radius 2 is 1.20 bits per heavy atom. The topological polar surface area (TPSA) is 112 Å². The van der Waals surface area contributed by atoms with Crippen molar-refractivity contribution >= 4 is 17.9 Å². The molecule has 0 aromatic heterocycles. The van der Waals surface area contributed by atoms with Gasteiger partial charge in [-0.15, -0.1) is 0 Å². The second kappa shape index (κ2) is 16.0. The fourth-order valence-corrected chi connectivity index (χ4v) is 0.581. The monoisotopic (exact) mass is 352 g/mol. The minimum atomic E-state index is -0.981. The summed E-state index contributed by atoms with van der Waals surface area (Å²) in [5.74, 6) is -2.84. The highest BCUT2D eigenvalue weighted by atomic mass is 16.4. The Bertz CT molecular complexity index is 509. The molecule has 0 bridgehead atoms. The molecule has 1 aromatic rings. The first kappa shape index (κ1) is 27.0. The van der Waals surface area contributed by atoms with Crippen LogP contribution in [-0.4, -0.2) is 33.2 Å². The zero-order valence-electron chi connectivity index (χ0n) is 15.2. The van der Waals surface area contributed by atoms with E-state index in [4.69, 9.17) is 15.3 Å². The summed E-state index contributed by atoms with van der Waals surface area (Å²) in [6, 6.07) is 8.30. The lowest BCUT2D eigenvalue weighted by atomic mass is 9.94. The lowest BCUT2D eigenvalue weighted by molar-refractivity contribution is -0.132. The van der Waals surface area contributed by atoms with Crippen molar-refractivity contribution in [3.05, 3.63) is 61.2 Å². The molecular formula is C19H28O6. The van der Waals surface area contributed by atoms with Crippen molar-refractivity contribution in [1.82, 2.24) is 0 Å². The minimum absolute atomic E-state index is 0.331. The largest absolute Gasteiger partial charge is 0.478 e. The van der Waals surface area contributed by atoms with Gasteiger partial charge in [-0.1, -0.05) is 65.5 Å². The van der Waals surface area contributed by atoms with Crippen LogP contribution in [0.2, 0.25) is 0 Å². The van der Waals surface area contributed by atoms with Crippen LogP contribution in [0, 0.1) is 5.41 Å². The molecule has 0 fully saturated rings. The first-order valence-electron chi connectivity index (χ1n) is 7.40. The molecular weight excluding hydrogens is 324 g/mol. The Morgan fingerprint density at radius 3 is 1.32 bits per heavy atom. The SMILES string of the molecule is C=CC(=O)O.C=CC(=O)O.CCC(C)(C)C.O=C(O)c1ccccc1. The van der Waals surface area contributed by atoms with Crippen LogP contribution in [0.5, 0.6) is 0 Å². The fourth-order valence-electron chi connectivity index (χ4n) is 0.581. The summed E-state index contributed by atoms with van der Waals surface area (Å²) in [6.07, 6.45) is 2.94. The minimum Gasteiger partial charge on any atom is -0.478 e. The second-order valence-corrected chi connectivity index (χ2v) is 5.67. The molecule has 25 heavy (non-hydrogen) atoms. The number of benzene rings is 1. The third-order valence-corrected chi connectivity index (χ3v) is 2.43. The van der Waals surface area contributed by atoms with Crippen molar-refractivity contribution in [2.24, 2.45) is 5.41 Å². The first-order chi connectivity index (χ1) is 11.4. The summed E-state index contributed by atoms with van der Waals surface area (Å²) in [5, 5.41) is 23.6. The predicted octanol–water partition coefficient (Wildman–Crippen LogP) is 4.34.